The van der Waals surface area contributed by atoms with Crippen LogP contribution in [0.15, 0.2) is 29.3 Å². The molecule has 1 aromatic carbocycles. The van der Waals surface area contributed by atoms with E-state index in [4.69, 9.17) is 0 Å². The van der Waals surface area contributed by atoms with Gasteiger partial charge in [0.15, 0.2) is 0 Å². The van der Waals surface area contributed by atoms with E-state index >= 15 is 0 Å². The summed E-state index contributed by atoms with van der Waals surface area (Å²) in [6.07, 6.45) is 9.61. The maximum Gasteiger partial charge on any atom is 0.0457 e. The van der Waals surface area contributed by atoms with Gasteiger partial charge in [0.1, 0.15) is 0 Å². The molecule has 0 spiro atoms. The second kappa shape index (κ2) is 6.26. The predicted octanol–water partition coefficient (Wildman–Crippen LogP) is 3.26. The van der Waals surface area contributed by atoms with Crippen molar-refractivity contribution in [1.82, 2.24) is 15.2 Å². The predicted molar refractivity (Wildman–Crippen MR) is 94.8 cm³/mol. The molecule has 2 atom stereocenters. The molecule has 2 aliphatic rings. The molecule has 2 aliphatic heterocycles. The number of aromatic nitrogens is 1. The molecule has 4 rings (SSSR count). The molecule has 2 aromatic rings. The Morgan fingerprint density at radius 3 is 3.09 bits per heavy atom. The van der Waals surface area contributed by atoms with E-state index in [1.165, 1.54) is 66.7 Å². The number of likely N-dealkylation sites (tertiary alicyclic amines) is 1. The zero-order chi connectivity index (χ0) is 14.9. The Morgan fingerprint density at radius 1 is 1.32 bits per heavy atom. The fraction of sp³-hybridized carbons (Fsp3) is 0.556. The molecule has 2 N–H and O–H groups in total. The molecule has 0 aliphatic carbocycles. The van der Waals surface area contributed by atoms with Gasteiger partial charge in [-0.15, -0.1) is 11.8 Å². The number of H-pyrrole nitrogens is 1. The standard InChI is InChI=1S/C18H25N3S/c1-22-16-4-5-18-17(10-16)13(11-20-18)9-14-3-2-8-21(14)15-6-7-19-12-15/h4-5,10-11,14-15,19-20H,2-3,6-9,12H2,1H3/t14-,15+/m1/s1. The van der Waals surface area contributed by atoms with Crippen molar-refractivity contribution in [2.75, 3.05) is 25.9 Å². The fourth-order valence-corrected chi connectivity index (χ4v) is 4.63. The molecule has 2 fully saturated rings. The van der Waals surface area contributed by atoms with Crippen molar-refractivity contribution in [3.8, 4) is 0 Å². The minimum atomic E-state index is 0.724. The highest BCUT2D eigenvalue weighted by Crippen LogP contribution is 2.30. The third kappa shape index (κ3) is 2.68. The average molecular weight is 315 g/mol. The fourth-order valence-electron chi connectivity index (χ4n) is 4.19. The number of aromatic amines is 1. The van der Waals surface area contributed by atoms with Crippen LogP contribution in [0, 0.1) is 0 Å². The summed E-state index contributed by atoms with van der Waals surface area (Å²) in [5, 5.41) is 4.94. The Bertz CT molecular complexity index is 645. The summed E-state index contributed by atoms with van der Waals surface area (Å²) in [5.41, 5.74) is 2.77. The lowest BCUT2D eigenvalue weighted by molar-refractivity contribution is 0.190. The zero-order valence-corrected chi connectivity index (χ0v) is 14.1. The smallest absolute Gasteiger partial charge is 0.0457 e. The van der Waals surface area contributed by atoms with Gasteiger partial charge < -0.3 is 10.3 Å². The minimum Gasteiger partial charge on any atom is -0.361 e. The lowest BCUT2D eigenvalue weighted by atomic mass is 10.0. The Balaban J connectivity index is 1.57. The number of fused-ring (bicyclic) bond motifs is 1. The second-order valence-corrected chi connectivity index (χ2v) is 7.49. The summed E-state index contributed by atoms with van der Waals surface area (Å²) >= 11 is 1.83. The number of thioether (sulfide) groups is 1. The summed E-state index contributed by atoms with van der Waals surface area (Å²) in [4.78, 5) is 7.59. The van der Waals surface area contributed by atoms with E-state index in [0.29, 0.717) is 0 Å². The first-order valence-corrected chi connectivity index (χ1v) is 9.68. The molecular formula is C18H25N3S. The molecule has 22 heavy (non-hydrogen) atoms. The molecule has 0 unspecified atom stereocenters. The Hall–Kier alpha value is -0.970. The van der Waals surface area contributed by atoms with Gasteiger partial charge in [-0.3, -0.25) is 4.90 Å². The van der Waals surface area contributed by atoms with E-state index in [0.717, 1.165) is 12.1 Å². The number of hydrogen-bond donors (Lipinski definition) is 2. The minimum absolute atomic E-state index is 0.724. The quantitative estimate of drug-likeness (QED) is 0.849. The van der Waals surface area contributed by atoms with E-state index in [9.17, 15) is 0 Å². The molecule has 3 nitrogen and oxygen atoms in total. The molecule has 0 saturated carbocycles. The van der Waals surface area contributed by atoms with E-state index in [1.807, 2.05) is 11.8 Å². The number of nitrogens with one attached hydrogen (secondary N) is 2. The largest absolute Gasteiger partial charge is 0.361 e. The zero-order valence-electron chi connectivity index (χ0n) is 13.3. The second-order valence-electron chi connectivity index (χ2n) is 6.61. The van der Waals surface area contributed by atoms with Crippen LogP contribution >= 0.6 is 11.8 Å². The highest BCUT2D eigenvalue weighted by Gasteiger charge is 2.32. The molecule has 0 radical (unpaired) electrons. The number of rotatable bonds is 4. The van der Waals surface area contributed by atoms with Crippen LogP contribution in [0.5, 0.6) is 0 Å². The van der Waals surface area contributed by atoms with Gasteiger partial charge in [-0.2, -0.15) is 0 Å². The average Bonchev–Trinajstić information content (AvgIpc) is 3.27. The van der Waals surface area contributed by atoms with Crippen molar-refractivity contribution in [3.63, 3.8) is 0 Å². The molecule has 1 aromatic heterocycles. The molecule has 4 heteroatoms. The van der Waals surface area contributed by atoms with E-state index in [1.54, 1.807) is 0 Å². The number of hydrogen-bond acceptors (Lipinski definition) is 3. The van der Waals surface area contributed by atoms with Gasteiger partial charge in [-0.1, -0.05) is 0 Å². The van der Waals surface area contributed by atoms with Crippen LogP contribution in [0.3, 0.4) is 0 Å². The SMILES string of the molecule is CSc1ccc2[nH]cc(C[C@H]3CCCN3[C@H]3CCNC3)c2c1. The third-order valence-electron chi connectivity index (χ3n) is 5.36. The van der Waals surface area contributed by atoms with Crippen LogP contribution in [-0.2, 0) is 6.42 Å². The van der Waals surface area contributed by atoms with Crippen LogP contribution < -0.4 is 5.32 Å². The van der Waals surface area contributed by atoms with Crippen molar-refractivity contribution in [2.24, 2.45) is 0 Å². The molecule has 2 saturated heterocycles. The summed E-state index contributed by atoms with van der Waals surface area (Å²) in [7, 11) is 0. The van der Waals surface area contributed by atoms with Crippen molar-refractivity contribution in [3.05, 3.63) is 30.0 Å². The van der Waals surface area contributed by atoms with Gasteiger partial charge in [-0.25, -0.2) is 0 Å². The maximum atomic E-state index is 3.52. The number of nitrogens with zero attached hydrogens (tertiary/aromatic N) is 1. The van der Waals surface area contributed by atoms with Gasteiger partial charge in [0, 0.05) is 40.6 Å². The Labute approximate surface area is 136 Å². The first-order chi connectivity index (χ1) is 10.8. The highest BCUT2D eigenvalue weighted by atomic mass is 32.2. The van der Waals surface area contributed by atoms with Gasteiger partial charge in [0.25, 0.3) is 0 Å². The highest BCUT2D eigenvalue weighted by molar-refractivity contribution is 7.98. The molecular weight excluding hydrogens is 290 g/mol. The lowest BCUT2D eigenvalue weighted by Crippen LogP contribution is -2.41. The van der Waals surface area contributed by atoms with Crippen molar-refractivity contribution >= 4 is 22.7 Å². The summed E-state index contributed by atoms with van der Waals surface area (Å²) in [6.45, 7) is 3.66. The molecule has 118 valence electrons. The molecule has 0 amide bonds. The van der Waals surface area contributed by atoms with Crippen LogP contribution in [0.1, 0.15) is 24.8 Å². The summed E-state index contributed by atoms with van der Waals surface area (Å²) < 4.78 is 0. The van der Waals surface area contributed by atoms with Gasteiger partial charge >= 0.3 is 0 Å². The normalized spacial score (nSPS) is 26.2. The number of benzene rings is 1. The Kier molecular flexibility index (Phi) is 4.16. The van der Waals surface area contributed by atoms with E-state index < -0.39 is 0 Å². The van der Waals surface area contributed by atoms with Crippen LogP contribution in [0.4, 0.5) is 0 Å². The summed E-state index contributed by atoms with van der Waals surface area (Å²) in [5.74, 6) is 0. The molecule has 0 bridgehead atoms. The van der Waals surface area contributed by atoms with E-state index in [2.05, 4.69) is 45.9 Å². The first-order valence-electron chi connectivity index (χ1n) is 8.45. The first kappa shape index (κ1) is 14.6. The van der Waals surface area contributed by atoms with Crippen molar-refractivity contribution in [1.29, 1.82) is 0 Å². The molecule has 3 heterocycles. The van der Waals surface area contributed by atoms with Crippen LogP contribution in [0.2, 0.25) is 0 Å². The summed E-state index contributed by atoms with van der Waals surface area (Å²) in [6, 6.07) is 8.26. The Morgan fingerprint density at radius 2 is 2.27 bits per heavy atom. The monoisotopic (exact) mass is 315 g/mol. The van der Waals surface area contributed by atoms with Crippen LogP contribution in [0.25, 0.3) is 10.9 Å². The van der Waals surface area contributed by atoms with Gasteiger partial charge in [0.05, 0.1) is 0 Å². The van der Waals surface area contributed by atoms with Gasteiger partial charge in [0.2, 0.25) is 0 Å². The third-order valence-corrected chi connectivity index (χ3v) is 6.08. The topological polar surface area (TPSA) is 31.1 Å². The van der Waals surface area contributed by atoms with Crippen molar-refractivity contribution < 1.29 is 0 Å². The van der Waals surface area contributed by atoms with Crippen molar-refractivity contribution in [2.45, 2.75) is 42.7 Å². The van der Waals surface area contributed by atoms with E-state index in [-0.39, 0.29) is 0 Å². The van der Waals surface area contributed by atoms with Crippen LogP contribution in [-0.4, -0.2) is 47.9 Å². The van der Waals surface area contributed by atoms with Gasteiger partial charge in [-0.05, 0) is 68.8 Å². The maximum absolute atomic E-state index is 3.52. The lowest BCUT2D eigenvalue weighted by Gasteiger charge is -2.30.